The Morgan fingerprint density at radius 1 is 1.47 bits per heavy atom. The Balaban J connectivity index is 2.22. The molecule has 0 aliphatic heterocycles. The number of amides is 2. The Labute approximate surface area is 113 Å². The topological polar surface area (TPSA) is 87.7 Å². The lowest BCUT2D eigenvalue weighted by Gasteiger charge is -2.15. The number of hydrogen-bond donors (Lipinski definition) is 3. The van der Waals surface area contributed by atoms with Crippen LogP contribution < -0.4 is 10.6 Å². The van der Waals surface area contributed by atoms with Crippen LogP contribution in [0.3, 0.4) is 0 Å². The van der Waals surface area contributed by atoms with E-state index in [-0.39, 0.29) is 6.61 Å². The van der Waals surface area contributed by atoms with Crippen LogP contribution >= 0.6 is 0 Å². The summed E-state index contributed by atoms with van der Waals surface area (Å²) >= 11 is 0. The number of carbonyl (C=O) groups excluding carboxylic acids is 1. The van der Waals surface area contributed by atoms with Crippen molar-refractivity contribution in [3.63, 3.8) is 0 Å². The molecule has 1 unspecified atom stereocenters. The summed E-state index contributed by atoms with van der Waals surface area (Å²) in [5.74, 6) is -1.10. The summed E-state index contributed by atoms with van der Waals surface area (Å²) in [5, 5.41) is 13.9. The summed E-state index contributed by atoms with van der Waals surface area (Å²) in [6, 6.07) is -1.49. The van der Waals surface area contributed by atoms with Crippen LogP contribution in [0, 0.1) is 0 Å². The van der Waals surface area contributed by atoms with Crippen molar-refractivity contribution in [2.24, 2.45) is 0 Å². The minimum Gasteiger partial charge on any atom is -0.480 e. The minimum atomic E-state index is -1.10. The summed E-state index contributed by atoms with van der Waals surface area (Å²) < 4.78 is 4.73. The molecule has 0 aromatic heterocycles. The SMILES string of the molecule is COCC(NC(=O)NCCC1=CCCCC1)C(=O)O. The molecule has 1 aliphatic rings. The van der Waals surface area contributed by atoms with Gasteiger partial charge < -0.3 is 20.5 Å². The van der Waals surface area contributed by atoms with Crippen molar-refractivity contribution in [1.82, 2.24) is 10.6 Å². The van der Waals surface area contributed by atoms with Crippen molar-refractivity contribution < 1.29 is 19.4 Å². The van der Waals surface area contributed by atoms with E-state index in [1.807, 2.05) is 0 Å². The summed E-state index contributed by atoms with van der Waals surface area (Å²) in [4.78, 5) is 22.3. The molecule has 3 N–H and O–H groups in total. The number of carboxylic acids is 1. The average Bonchev–Trinajstić information content (AvgIpc) is 2.39. The van der Waals surface area contributed by atoms with E-state index >= 15 is 0 Å². The van der Waals surface area contributed by atoms with Crippen LogP contribution in [0.4, 0.5) is 4.79 Å². The number of carbonyl (C=O) groups is 2. The molecule has 6 nitrogen and oxygen atoms in total. The summed E-state index contributed by atoms with van der Waals surface area (Å²) in [6.45, 7) is 0.477. The van der Waals surface area contributed by atoms with Gasteiger partial charge in [0.15, 0.2) is 6.04 Å². The van der Waals surface area contributed by atoms with E-state index in [2.05, 4.69) is 16.7 Å². The molecule has 0 bridgehead atoms. The van der Waals surface area contributed by atoms with Gasteiger partial charge in [-0.25, -0.2) is 9.59 Å². The summed E-state index contributed by atoms with van der Waals surface area (Å²) in [7, 11) is 1.39. The third kappa shape index (κ3) is 6.24. The van der Waals surface area contributed by atoms with E-state index in [0.717, 1.165) is 19.3 Å². The number of nitrogens with one attached hydrogen (secondary N) is 2. The van der Waals surface area contributed by atoms with Crippen LogP contribution in [0.15, 0.2) is 11.6 Å². The van der Waals surface area contributed by atoms with Gasteiger partial charge in [0.1, 0.15) is 0 Å². The van der Waals surface area contributed by atoms with Crippen LogP contribution in [-0.2, 0) is 9.53 Å². The molecule has 1 rings (SSSR count). The van der Waals surface area contributed by atoms with E-state index in [4.69, 9.17) is 9.84 Å². The number of hydrogen-bond acceptors (Lipinski definition) is 3. The molecule has 1 atom stereocenters. The maximum atomic E-state index is 11.5. The van der Waals surface area contributed by atoms with Gasteiger partial charge in [0.05, 0.1) is 6.61 Å². The van der Waals surface area contributed by atoms with Crippen molar-refractivity contribution in [2.75, 3.05) is 20.3 Å². The zero-order valence-corrected chi connectivity index (χ0v) is 11.3. The number of methoxy groups -OCH3 is 1. The zero-order chi connectivity index (χ0) is 14.1. The molecule has 0 aromatic carbocycles. The molecule has 0 saturated carbocycles. The lowest BCUT2D eigenvalue weighted by molar-refractivity contribution is -0.140. The van der Waals surface area contributed by atoms with Gasteiger partial charge >= 0.3 is 12.0 Å². The predicted molar refractivity (Wildman–Crippen MR) is 71.0 cm³/mol. The first-order valence-electron chi connectivity index (χ1n) is 6.57. The molecule has 1 aliphatic carbocycles. The molecule has 0 fully saturated rings. The van der Waals surface area contributed by atoms with E-state index in [1.165, 1.54) is 25.5 Å². The highest BCUT2D eigenvalue weighted by atomic mass is 16.5. The van der Waals surface area contributed by atoms with Gasteiger partial charge in [0.25, 0.3) is 0 Å². The number of rotatable bonds is 7. The molecule has 0 heterocycles. The normalized spacial score (nSPS) is 16.4. The van der Waals surface area contributed by atoms with Gasteiger partial charge in [0, 0.05) is 13.7 Å². The van der Waals surface area contributed by atoms with Crippen LogP contribution in [0.5, 0.6) is 0 Å². The van der Waals surface area contributed by atoms with E-state index in [1.54, 1.807) is 0 Å². The van der Waals surface area contributed by atoms with Crippen LogP contribution in [0.2, 0.25) is 0 Å². The molecule has 108 valence electrons. The Morgan fingerprint density at radius 3 is 2.84 bits per heavy atom. The van der Waals surface area contributed by atoms with Gasteiger partial charge in [0.2, 0.25) is 0 Å². The second kappa shape index (κ2) is 8.53. The molecule has 2 amide bonds. The fourth-order valence-electron chi connectivity index (χ4n) is 2.02. The first kappa shape index (κ1) is 15.5. The lowest BCUT2D eigenvalue weighted by atomic mass is 9.97. The van der Waals surface area contributed by atoms with Gasteiger partial charge in [-0.05, 0) is 32.1 Å². The second-order valence-corrected chi connectivity index (χ2v) is 4.60. The van der Waals surface area contributed by atoms with E-state index in [9.17, 15) is 9.59 Å². The molecule has 0 saturated heterocycles. The molecular weight excluding hydrogens is 248 g/mol. The van der Waals surface area contributed by atoms with Crippen molar-refractivity contribution in [2.45, 2.75) is 38.1 Å². The molecule has 0 spiro atoms. The minimum absolute atomic E-state index is 0.0477. The van der Waals surface area contributed by atoms with Crippen LogP contribution in [0.1, 0.15) is 32.1 Å². The molecule has 19 heavy (non-hydrogen) atoms. The highest BCUT2D eigenvalue weighted by Gasteiger charge is 2.19. The first-order valence-corrected chi connectivity index (χ1v) is 6.57. The molecule has 0 radical (unpaired) electrons. The highest BCUT2D eigenvalue weighted by molar-refractivity contribution is 5.82. The second-order valence-electron chi connectivity index (χ2n) is 4.60. The number of carboxylic acid groups (broad SMARTS) is 1. The van der Waals surface area contributed by atoms with Crippen LogP contribution in [0.25, 0.3) is 0 Å². The van der Waals surface area contributed by atoms with Crippen molar-refractivity contribution in [1.29, 1.82) is 0 Å². The Hall–Kier alpha value is -1.56. The first-order chi connectivity index (χ1) is 9.13. The van der Waals surface area contributed by atoms with Gasteiger partial charge in [-0.1, -0.05) is 11.6 Å². The maximum Gasteiger partial charge on any atom is 0.328 e. The fraction of sp³-hybridized carbons (Fsp3) is 0.692. The van der Waals surface area contributed by atoms with Crippen molar-refractivity contribution in [3.8, 4) is 0 Å². The average molecular weight is 270 g/mol. The summed E-state index contributed by atoms with van der Waals surface area (Å²) in [5.41, 5.74) is 1.37. The third-order valence-corrected chi connectivity index (χ3v) is 3.05. The van der Waals surface area contributed by atoms with Gasteiger partial charge in [-0.3, -0.25) is 0 Å². The fourth-order valence-corrected chi connectivity index (χ4v) is 2.02. The summed E-state index contributed by atoms with van der Waals surface area (Å²) in [6.07, 6.45) is 7.74. The lowest BCUT2D eigenvalue weighted by Crippen LogP contribution is -2.48. The Kier molecular flexibility index (Phi) is 6.95. The van der Waals surface area contributed by atoms with Crippen molar-refractivity contribution >= 4 is 12.0 Å². The monoisotopic (exact) mass is 270 g/mol. The van der Waals surface area contributed by atoms with Crippen LogP contribution in [-0.4, -0.2) is 43.4 Å². The Morgan fingerprint density at radius 2 is 2.26 bits per heavy atom. The quantitative estimate of drug-likeness (QED) is 0.608. The van der Waals surface area contributed by atoms with Crippen molar-refractivity contribution in [3.05, 3.63) is 11.6 Å². The Bertz CT molecular complexity index is 342. The number of urea groups is 1. The largest absolute Gasteiger partial charge is 0.480 e. The molecule has 6 heteroatoms. The number of aliphatic carboxylic acids is 1. The van der Waals surface area contributed by atoms with Gasteiger partial charge in [-0.2, -0.15) is 0 Å². The number of allylic oxidation sites excluding steroid dienone is 1. The standard InChI is InChI=1S/C13H22N2O4/c1-19-9-11(12(16)17)15-13(18)14-8-7-10-5-3-2-4-6-10/h5,11H,2-4,6-9H2,1H3,(H,16,17)(H2,14,15,18). The number of ether oxygens (including phenoxy) is 1. The molecular formula is C13H22N2O4. The third-order valence-electron chi connectivity index (χ3n) is 3.05. The van der Waals surface area contributed by atoms with E-state index in [0.29, 0.717) is 6.54 Å². The van der Waals surface area contributed by atoms with Gasteiger partial charge in [-0.15, -0.1) is 0 Å². The maximum absolute atomic E-state index is 11.5. The van der Waals surface area contributed by atoms with E-state index < -0.39 is 18.0 Å². The smallest absolute Gasteiger partial charge is 0.328 e. The highest BCUT2D eigenvalue weighted by Crippen LogP contribution is 2.19. The molecule has 0 aromatic rings. The zero-order valence-electron chi connectivity index (χ0n) is 11.3. The predicted octanol–water partition coefficient (Wildman–Crippen LogP) is 1.28.